The standard InChI is InChI=1S/C19H26N4O2/c1-13-12-20-9-6-15(13)21-18(24)14-7-10-23(11-8-14)19-22-16-4-2-3-5-17(16)25-19/h2-5,13-15,20H,6-12H2,1H3,(H,21,24). The lowest BCUT2D eigenvalue weighted by Crippen LogP contribution is -2.51. The van der Waals surface area contributed by atoms with Crippen molar-refractivity contribution in [1.29, 1.82) is 0 Å². The average molecular weight is 342 g/mol. The molecule has 0 radical (unpaired) electrons. The van der Waals surface area contributed by atoms with Gasteiger partial charge in [-0.3, -0.25) is 4.79 Å². The molecule has 0 aliphatic carbocycles. The molecule has 1 aromatic carbocycles. The number of amides is 1. The SMILES string of the molecule is CC1CNCCC1NC(=O)C1CCN(c2nc3ccccc3o2)CC1. The third-order valence-electron chi connectivity index (χ3n) is 5.53. The Balaban J connectivity index is 1.33. The number of carbonyl (C=O) groups excluding carboxylic acids is 1. The number of nitrogens with one attached hydrogen (secondary N) is 2. The van der Waals surface area contributed by atoms with E-state index in [0.29, 0.717) is 18.0 Å². The van der Waals surface area contributed by atoms with Gasteiger partial charge in [-0.15, -0.1) is 0 Å². The van der Waals surface area contributed by atoms with E-state index in [4.69, 9.17) is 4.42 Å². The molecule has 2 unspecified atom stereocenters. The number of hydrogen-bond donors (Lipinski definition) is 2. The lowest BCUT2D eigenvalue weighted by Gasteiger charge is -2.34. The van der Waals surface area contributed by atoms with Crippen molar-refractivity contribution >= 4 is 23.0 Å². The first-order valence-corrected chi connectivity index (χ1v) is 9.32. The molecule has 0 saturated carbocycles. The van der Waals surface area contributed by atoms with Crippen LogP contribution in [0.25, 0.3) is 11.1 Å². The fraction of sp³-hybridized carbons (Fsp3) is 0.579. The number of benzene rings is 1. The summed E-state index contributed by atoms with van der Waals surface area (Å²) in [5, 5.41) is 6.65. The van der Waals surface area contributed by atoms with Crippen LogP contribution >= 0.6 is 0 Å². The predicted molar refractivity (Wildman–Crippen MR) is 97.5 cm³/mol. The van der Waals surface area contributed by atoms with Crippen molar-refractivity contribution < 1.29 is 9.21 Å². The molecule has 0 spiro atoms. The van der Waals surface area contributed by atoms with Gasteiger partial charge >= 0.3 is 0 Å². The maximum absolute atomic E-state index is 12.6. The minimum absolute atomic E-state index is 0.0997. The highest BCUT2D eigenvalue weighted by Gasteiger charge is 2.30. The van der Waals surface area contributed by atoms with Gasteiger partial charge in [-0.05, 0) is 50.4 Å². The Morgan fingerprint density at radius 1 is 1.28 bits per heavy atom. The number of aromatic nitrogens is 1. The number of oxazole rings is 1. The summed E-state index contributed by atoms with van der Waals surface area (Å²) in [5.74, 6) is 0.816. The van der Waals surface area contributed by atoms with Crippen LogP contribution in [0.3, 0.4) is 0 Å². The van der Waals surface area contributed by atoms with E-state index in [9.17, 15) is 4.79 Å². The zero-order chi connectivity index (χ0) is 17.2. The Kier molecular flexibility index (Phi) is 4.61. The molecular formula is C19H26N4O2. The van der Waals surface area contributed by atoms with Gasteiger partial charge in [0.15, 0.2) is 5.58 Å². The van der Waals surface area contributed by atoms with Crippen LogP contribution in [0.5, 0.6) is 0 Å². The van der Waals surface area contributed by atoms with Crippen LogP contribution in [0.1, 0.15) is 26.2 Å². The number of hydrogen-bond acceptors (Lipinski definition) is 5. The summed E-state index contributed by atoms with van der Waals surface area (Å²) in [6.45, 7) is 5.80. The maximum atomic E-state index is 12.6. The van der Waals surface area contributed by atoms with E-state index in [2.05, 4.69) is 27.4 Å². The van der Waals surface area contributed by atoms with E-state index < -0.39 is 0 Å². The van der Waals surface area contributed by atoms with Gasteiger partial charge in [-0.2, -0.15) is 4.98 Å². The molecule has 2 saturated heterocycles. The van der Waals surface area contributed by atoms with Gasteiger partial charge in [0.1, 0.15) is 5.52 Å². The van der Waals surface area contributed by atoms with Gasteiger partial charge in [0.2, 0.25) is 5.91 Å². The van der Waals surface area contributed by atoms with Crippen LogP contribution < -0.4 is 15.5 Å². The number of nitrogens with zero attached hydrogens (tertiary/aromatic N) is 2. The highest BCUT2D eigenvalue weighted by molar-refractivity contribution is 5.79. The zero-order valence-corrected chi connectivity index (χ0v) is 14.7. The van der Waals surface area contributed by atoms with Crippen LogP contribution in [-0.2, 0) is 4.79 Å². The lowest BCUT2D eigenvalue weighted by molar-refractivity contribution is -0.126. The normalized spacial score (nSPS) is 25.2. The Bertz CT molecular complexity index is 703. The van der Waals surface area contributed by atoms with Crippen LogP contribution in [0.2, 0.25) is 0 Å². The molecule has 25 heavy (non-hydrogen) atoms. The fourth-order valence-electron chi connectivity index (χ4n) is 3.86. The second-order valence-corrected chi connectivity index (χ2v) is 7.31. The maximum Gasteiger partial charge on any atom is 0.298 e. The van der Waals surface area contributed by atoms with Gasteiger partial charge in [0.05, 0.1) is 0 Å². The van der Waals surface area contributed by atoms with Gasteiger partial charge < -0.3 is 20.0 Å². The monoisotopic (exact) mass is 342 g/mol. The summed E-state index contributed by atoms with van der Waals surface area (Å²) in [6.07, 6.45) is 2.72. The molecule has 6 heteroatoms. The number of para-hydroxylation sites is 2. The van der Waals surface area contributed by atoms with E-state index >= 15 is 0 Å². The second-order valence-electron chi connectivity index (χ2n) is 7.31. The van der Waals surface area contributed by atoms with Crippen molar-refractivity contribution in [2.45, 2.75) is 32.2 Å². The summed E-state index contributed by atoms with van der Waals surface area (Å²) in [6, 6.07) is 8.80. The first kappa shape index (κ1) is 16.4. The van der Waals surface area contributed by atoms with E-state index in [1.165, 1.54) is 0 Å². The molecule has 0 bridgehead atoms. The number of fused-ring (bicyclic) bond motifs is 1. The molecule has 3 heterocycles. The van der Waals surface area contributed by atoms with E-state index in [-0.39, 0.29) is 11.8 Å². The van der Waals surface area contributed by atoms with Crippen molar-refractivity contribution in [3.63, 3.8) is 0 Å². The van der Waals surface area contributed by atoms with Crippen LogP contribution in [-0.4, -0.2) is 43.1 Å². The minimum atomic E-state index is 0.0997. The Morgan fingerprint density at radius 3 is 2.84 bits per heavy atom. The van der Waals surface area contributed by atoms with Crippen molar-refractivity contribution in [2.75, 3.05) is 31.1 Å². The molecule has 2 atom stereocenters. The van der Waals surface area contributed by atoms with Crippen molar-refractivity contribution in [2.24, 2.45) is 11.8 Å². The molecule has 1 aromatic heterocycles. The first-order chi connectivity index (χ1) is 12.2. The van der Waals surface area contributed by atoms with E-state index in [1.807, 2.05) is 24.3 Å². The number of piperidine rings is 2. The van der Waals surface area contributed by atoms with Crippen molar-refractivity contribution in [3.05, 3.63) is 24.3 Å². The van der Waals surface area contributed by atoms with E-state index in [0.717, 1.165) is 56.5 Å². The average Bonchev–Trinajstić information content (AvgIpc) is 3.08. The van der Waals surface area contributed by atoms with Crippen LogP contribution in [0, 0.1) is 11.8 Å². The Labute approximate surface area is 148 Å². The fourth-order valence-corrected chi connectivity index (χ4v) is 3.86. The summed E-state index contributed by atoms with van der Waals surface area (Å²) in [7, 11) is 0. The number of anilines is 1. The molecule has 2 aromatic rings. The van der Waals surface area contributed by atoms with Crippen molar-refractivity contribution in [3.8, 4) is 0 Å². The summed E-state index contributed by atoms with van der Waals surface area (Å²) < 4.78 is 5.85. The lowest BCUT2D eigenvalue weighted by atomic mass is 9.92. The third-order valence-corrected chi connectivity index (χ3v) is 5.53. The molecule has 2 aliphatic rings. The summed E-state index contributed by atoms with van der Waals surface area (Å²) >= 11 is 0. The Morgan fingerprint density at radius 2 is 2.08 bits per heavy atom. The van der Waals surface area contributed by atoms with Crippen LogP contribution in [0.15, 0.2) is 28.7 Å². The molecule has 1 amide bonds. The molecule has 2 N–H and O–H groups in total. The van der Waals surface area contributed by atoms with Crippen molar-refractivity contribution in [1.82, 2.24) is 15.6 Å². The largest absolute Gasteiger partial charge is 0.423 e. The second kappa shape index (κ2) is 7.04. The molecular weight excluding hydrogens is 316 g/mol. The van der Waals surface area contributed by atoms with Gasteiger partial charge in [0.25, 0.3) is 6.01 Å². The predicted octanol–water partition coefficient (Wildman–Crippen LogP) is 2.16. The summed E-state index contributed by atoms with van der Waals surface area (Å²) in [5.41, 5.74) is 1.70. The van der Waals surface area contributed by atoms with Gasteiger partial charge in [0, 0.05) is 25.0 Å². The Hall–Kier alpha value is -2.08. The molecule has 2 aliphatic heterocycles. The number of carbonyl (C=O) groups is 1. The molecule has 4 rings (SSSR count). The highest BCUT2D eigenvalue weighted by Crippen LogP contribution is 2.26. The van der Waals surface area contributed by atoms with Crippen LogP contribution in [0.4, 0.5) is 6.01 Å². The third kappa shape index (κ3) is 3.49. The minimum Gasteiger partial charge on any atom is -0.423 e. The first-order valence-electron chi connectivity index (χ1n) is 9.32. The zero-order valence-electron chi connectivity index (χ0n) is 14.7. The van der Waals surface area contributed by atoms with Gasteiger partial charge in [-0.1, -0.05) is 19.1 Å². The molecule has 2 fully saturated rings. The van der Waals surface area contributed by atoms with Gasteiger partial charge in [-0.25, -0.2) is 0 Å². The quantitative estimate of drug-likeness (QED) is 0.894. The number of rotatable bonds is 3. The topological polar surface area (TPSA) is 70.4 Å². The smallest absolute Gasteiger partial charge is 0.298 e. The molecule has 6 nitrogen and oxygen atoms in total. The molecule has 134 valence electrons. The van der Waals surface area contributed by atoms with E-state index in [1.54, 1.807) is 0 Å². The highest BCUT2D eigenvalue weighted by atomic mass is 16.4. The summed E-state index contributed by atoms with van der Waals surface area (Å²) in [4.78, 5) is 19.3.